The highest BCUT2D eigenvalue weighted by Gasteiger charge is 2.12. The molecule has 0 saturated carbocycles. The van der Waals surface area contributed by atoms with Gasteiger partial charge in [0.05, 0.1) is 6.04 Å². The quantitative estimate of drug-likeness (QED) is 0.817. The Labute approximate surface area is 119 Å². The molecule has 2 heterocycles. The summed E-state index contributed by atoms with van der Waals surface area (Å²) < 4.78 is 1.05. The van der Waals surface area contributed by atoms with Crippen LogP contribution in [0.4, 0.5) is 5.95 Å². The van der Waals surface area contributed by atoms with Gasteiger partial charge in [0.25, 0.3) is 0 Å². The van der Waals surface area contributed by atoms with Crippen LogP contribution in [0.3, 0.4) is 0 Å². The Morgan fingerprint density at radius 2 is 2.18 bits per heavy atom. The zero-order chi connectivity index (χ0) is 12.1. The Kier molecular flexibility index (Phi) is 4.73. The Hall–Kier alpha value is -0.690. The molecule has 0 aliphatic heterocycles. The van der Waals surface area contributed by atoms with Crippen LogP contribution >= 0.6 is 33.9 Å². The molecule has 0 aliphatic carbocycles. The molecular formula is C12H14IN3S. The van der Waals surface area contributed by atoms with Gasteiger partial charge in [0.15, 0.2) is 0 Å². The van der Waals surface area contributed by atoms with Gasteiger partial charge < -0.3 is 5.32 Å². The van der Waals surface area contributed by atoms with Crippen molar-refractivity contribution in [3.05, 3.63) is 38.4 Å². The number of hydrogen-bond acceptors (Lipinski definition) is 4. The summed E-state index contributed by atoms with van der Waals surface area (Å²) in [5, 5.41) is 5.50. The summed E-state index contributed by atoms with van der Waals surface area (Å²) in [6.45, 7) is 2.19. The molecule has 0 fully saturated rings. The third kappa shape index (κ3) is 3.64. The molecule has 5 heteroatoms. The number of thiophene rings is 1. The second-order valence-electron chi connectivity index (χ2n) is 3.73. The SMILES string of the molecule is CCCC(Nc1ncc(I)cn1)c1cccs1. The molecular weight excluding hydrogens is 345 g/mol. The summed E-state index contributed by atoms with van der Waals surface area (Å²) in [4.78, 5) is 9.91. The minimum atomic E-state index is 0.320. The maximum atomic E-state index is 4.29. The van der Waals surface area contributed by atoms with Gasteiger partial charge in [-0.3, -0.25) is 0 Å². The molecule has 0 aromatic carbocycles. The van der Waals surface area contributed by atoms with Crippen molar-refractivity contribution in [1.82, 2.24) is 9.97 Å². The lowest BCUT2D eigenvalue weighted by molar-refractivity contribution is 0.680. The largest absolute Gasteiger partial charge is 0.347 e. The molecule has 0 saturated heterocycles. The van der Waals surface area contributed by atoms with Crippen LogP contribution < -0.4 is 5.32 Å². The van der Waals surface area contributed by atoms with Gasteiger partial charge in [-0.1, -0.05) is 19.4 Å². The van der Waals surface area contributed by atoms with Crippen molar-refractivity contribution in [2.75, 3.05) is 5.32 Å². The van der Waals surface area contributed by atoms with E-state index in [-0.39, 0.29) is 0 Å². The lowest BCUT2D eigenvalue weighted by Crippen LogP contribution is -2.11. The van der Waals surface area contributed by atoms with Crippen molar-refractivity contribution >= 4 is 39.9 Å². The topological polar surface area (TPSA) is 37.8 Å². The van der Waals surface area contributed by atoms with Crippen molar-refractivity contribution in [3.8, 4) is 0 Å². The van der Waals surface area contributed by atoms with Gasteiger partial charge in [0.1, 0.15) is 0 Å². The molecule has 0 amide bonds. The van der Waals surface area contributed by atoms with Crippen LogP contribution in [-0.4, -0.2) is 9.97 Å². The Morgan fingerprint density at radius 3 is 2.76 bits per heavy atom. The fourth-order valence-electron chi connectivity index (χ4n) is 1.61. The average Bonchev–Trinajstić information content (AvgIpc) is 2.85. The molecule has 2 aromatic rings. The molecule has 2 rings (SSSR count). The lowest BCUT2D eigenvalue weighted by Gasteiger charge is -2.16. The fraction of sp³-hybridized carbons (Fsp3) is 0.333. The molecule has 3 nitrogen and oxygen atoms in total. The number of halogens is 1. The maximum Gasteiger partial charge on any atom is 0.223 e. The van der Waals surface area contributed by atoms with E-state index in [1.165, 1.54) is 4.88 Å². The minimum Gasteiger partial charge on any atom is -0.347 e. The molecule has 0 radical (unpaired) electrons. The van der Waals surface area contributed by atoms with Gasteiger partial charge in [0, 0.05) is 20.8 Å². The van der Waals surface area contributed by atoms with Crippen LogP contribution in [0.1, 0.15) is 30.7 Å². The summed E-state index contributed by atoms with van der Waals surface area (Å²) in [5.41, 5.74) is 0. The number of nitrogens with one attached hydrogen (secondary N) is 1. The van der Waals surface area contributed by atoms with Crippen LogP contribution in [0.15, 0.2) is 29.9 Å². The predicted molar refractivity (Wildman–Crippen MR) is 80.3 cm³/mol. The van der Waals surface area contributed by atoms with Crippen molar-refractivity contribution in [2.24, 2.45) is 0 Å². The maximum absolute atomic E-state index is 4.29. The van der Waals surface area contributed by atoms with Crippen LogP contribution in [-0.2, 0) is 0 Å². The number of nitrogens with zero attached hydrogens (tertiary/aromatic N) is 2. The van der Waals surface area contributed by atoms with E-state index in [4.69, 9.17) is 0 Å². The van der Waals surface area contributed by atoms with E-state index in [0.717, 1.165) is 16.4 Å². The predicted octanol–water partition coefficient (Wildman–Crippen LogP) is 4.10. The normalized spacial score (nSPS) is 12.4. The van der Waals surface area contributed by atoms with E-state index in [9.17, 15) is 0 Å². The van der Waals surface area contributed by atoms with Crippen molar-refractivity contribution in [3.63, 3.8) is 0 Å². The molecule has 90 valence electrons. The van der Waals surface area contributed by atoms with Gasteiger partial charge in [-0.25, -0.2) is 9.97 Å². The lowest BCUT2D eigenvalue weighted by atomic mass is 10.1. The molecule has 0 bridgehead atoms. The first-order chi connectivity index (χ1) is 8.29. The van der Waals surface area contributed by atoms with Crippen molar-refractivity contribution < 1.29 is 0 Å². The van der Waals surface area contributed by atoms with Crippen LogP contribution in [0.2, 0.25) is 0 Å². The first-order valence-electron chi connectivity index (χ1n) is 5.57. The van der Waals surface area contributed by atoms with Gasteiger partial charge in [-0.15, -0.1) is 11.3 Å². The Balaban J connectivity index is 2.10. The average molecular weight is 359 g/mol. The highest BCUT2D eigenvalue weighted by Crippen LogP contribution is 2.26. The van der Waals surface area contributed by atoms with Gasteiger partial charge >= 0.3 is 0 Å². The fourth-order valence-corrected chi connectivity index (χ4v) is 2.70. The van der Waals surface area contributed by atoms with E-state index in [1.807, 2.05) is 12.4 Å². The van der Waals surface area contributed by atoms with Crippen LogP contribution in [0, 0.1) is 3.57 Å². The summed E-state index contributed by atoms with van der Waals surface area (Å²) in [5.74, 6) is 0.706. The van der Waals surface area contributed by atoms with E-state index < -0.39 is 0 Å². The molecule has 2 aromatic heterocycles. The first kappa shape index (κ1) is 12.8. The molecule has 1 atom stereocenters. The second-order valence-corrected chi connectivity index (χ2v) is 5.95. The Bertz CT molecular complexity index is 441. The molecule has 17 heavy (non-hydrogen) atoms. The summed E-state index contributed by atoms with van der Waals surface area (Å²) in [6, 6.07) is 4.56. The minimum absolute atomic E-state index is 0.320. The smallest absolute Gasteiger partial charge is 0.223 e. The number of aromatic nitrogens is 2. The summed E-state index contributed by atoms with van der Waals surface area (Å²) in [7, 11) is 0. The highest BCUT2D eigenvalue weighted by molar-refractivity contribution is 14.1. The second kappa shape index (κ2) is 6.30. The third-order valence-corrected chi connectivity index (χ3v) is 3.93. The molecule has 0 aliphatic rings. The monoisotopic (exact) mass is 359 g/mol. The Morgan fingerprint density at radius 1 is 1.41 bits per heavy atom. The van der Waals surface area contributed by atoms with E-state index in [1.54, 1.807) is 11.3 Å². The standard InChI is InChI=1S/C12H14IN3S/c1-2-4-10(11-5-3-6-17-11)16-12-14-7-9(13)8-15-12/h3,5-8,10H,2,4H2,1H3,(H,14,15,16). The zero-order valence-electron chi connectivity index (χ0n) is 9.56. The molecule has 1 unspecified atom stereocenters. The summed E-state index contributed by atoms with van der Waals surface area (Å²) in [6.07, 6.45) is 5.89. The molecule has 0 spiro atoms. The van der Waals surface area contributed by atoms with Gasteiger partial charge in [0.2, 0.25) is 5.95 Å². The van der Waals surface area contributed by atoms with Crippen LogP contribution in [0.25, 0.3) is 0 Å². The van der Waals surface area contributed by atoms with Crippen LogP contribution in [0.5, 0.6) is 0 Å². The van der Waals surface area contributed by atoms with Gasteiger partial charge in [-0.05, 0) is 40.5 Å². The summed E-state index contributed by atoms with van der Waals surface area (Å²) >= 11 is 3.98. The number of hydrogen-bond donors (Lipinski definition) is 1. The third-order valence-electron chi connectivity index (χ3n) is 2.39. The molecule has 1 N–H and O–H groups in total. The first-order valence-corrected chi connectivity index (χ1v) is 7.53. The zero-order valence-corrected chi connectivity index (χ0v) is 12.5. The van der Waals surface area contributed by atoms with Crippen molar-refractivity contribution in [2.45, 2.75) is 25.8 Å². The van der Waals surface area contributed by atoms with Gasteiger partial charge in [-0.2, -0.15) is 0 Å². The van der Waals surface area contributed by atoms with Crippen molar-refractivity contribution in [1.29, 1.82) is 0 Å². The van der Waals surface area contributed by atoms with E-state index >= 15 is 0 Å². The number of rotatable bonds is 5. The number of anilines is 1. The highest BCUT2D eigenvalue weighted by atomic mass is 127. The van der Waals surface area contributed by atoms with E-state index in [2.05, 4.69) is 62.3 Å². The van der Waals surface area contributed by atoms with E-state index in [0.29, 0.717) is 12.0 Å².